The van der Waals surface area contributed by atoms with Crippen LogP contribution in [0.15, 0.2) is 11.6 Å². The van der Waals surface area contributed by atoms with E-state index in [9.17, 15) is 4.79 Å². The van der Waals surface area contributed by atoms with E-state index in [1.807, 2.05) is 0 Å². The van der Waals surface area contributed by atoms with E-state index >= 15 is 0 Å². The van der Waals surface area contributed by atoms with Crippen LogP contribution >= 0.6 is 0 Å². The molecule has 0 spiro atoms. The smallest absolute Gasteiger partial charge is 0.302 e. The Morgan fingerprint density at radius 3 is 2.48 bits per heavy atom. The molecule has 3 saturated carbocycles. The first-order valence-electron chi connectivity index (χ1n) is 14.5. The summed E-state index contributed by atoms with van der Waals surface area (Å²) in [5.74, 6) is 6.03. The molecule has 0 aromatic heterocycles. The maximum absolute atomic E-state index is 11.5. The van der Waals surface area contributed by atoms with Crippen LogP contribution in [0.2, 0.25) is 0 Å². The maximum Gasteiger partial charge on any atom is 0.302 e. The quantitative estimate of drug-likeness (QED) is 0.283. The van der Waals surface area contributed by atoms with Crippen molar-refractivity contribution in [3.8, 4) is 0 Å². The molecule has 0 unspecified atom stereocenters. The van der Waals surface area contributed by atoms with Crippen LogP contribution in [0.4, 0.5) is 0 Å². The minimum absolute atomic E-state index is 0.113. The van der Waals surface area contributed by atoms with E-state index in [1.54, 1.807) is 12.5 Å². The average Bonchev–Trinajstić information content (AvgIpc) is 3.11. The Balaban J connectivity index is 1.46. The summed E-state index contributed by atoms with van der Waals surface area (Å²) in [5, 5.41) is 0. The maximum atomic E-state index is 11.5. The highest BCUT2D eigenvalue weighted by molar-refractivity contribution is 5.66. The van der Waals surface area contributed by atoms with Crippen molar-refractivity contribution < 1.29 is 9.53 Å². The van der Waals surface area contributed by atoms with Crippen LogP contribution < -0.4 is 0 Å². The highest BCUT2D eigenvalue weighted by Crippen LogP contribution is 2.67. The van der Waals surface area contributed by atoms with E-state index in [4.69, 9.17) is 4.74 Å². The summed E-state index contributed by atoms with van der Waals surface area (Å²) in [4.78, 5) is 11.5. The normalized spacial score (nSPS) is 42.1. The van der Waals surface area contributed by atoms with Crippen LogP contribution in [0, 0.1) is 52.3 Å². The third kappa shape index (κ3) is 4.58. The summed E-state index contributed by atoms with van der Waals surface area (Å²) in [7, 11) is 0. The van der Waals surface area contributed by atoms with Crippen LogP contribution in [-0.4, -0.2) is 12.1 Å². The van der Waals surface area contributed by atoms with Gasteiger partial charge in [-0.3, -0.25) is 4.79 Å². The van der Waals surface area contributed by atoms with Gasteiger partial charge in [0.1, 0.15) is 6.10 Å². The largest absolute Gasteiger partial charge is 0.462 e. The van der Waals surface area contributed by atoms with E-state index in [-0.39, 0.29) is 12.1 Å². The summed E-state index contributed by atoms with van der Waals surface area (Å²) < 4.78 is 5.63. The predicted molar refractivity (Wildman–Crippen MR) is 138 cm³/mol. The van der Waals surface area contributed by atoms with Gasteiger partial charge in [-0.05, 0) is 104 Å². The van der Waals surface area contributed by atoms with Crippen molar-refractivity contribution >= 4 is 5.97 Å². The van der Waals surface area contributed by atoms with Gasteiger partial charge in [0, 0.05) is 13.3 Å². The van der Waals surface area contributed by atoms with Gasteiger partial charge in [-0.2, -0.15) is 0 Å². The summed E-state index contributed by atoms with van der Waals surface area (Å²) in [6.45, 7) is 16.6. The van der Waals surface area contributed by atoms with Crippen LogP contribution in [0.3, 0.4) is 0 Å². The molecule has 3 fully saturated rings. The minimum atomic E-state index is -0.115. The monoisotopic (exact) mass is 456 g/mol. The third-order valence-corrected chi connectivity index (χ3v) is 11.6. The van der Waals surface area contributed by atoms with Gasteiger partial charge in [-0.1, -0.05) is 66.0 Å². The summed E-state index contributed by atoms with van der Waals surface area (Å²) >= 11 is 0. The molecule has 0 aromatic carbocycles. The lowest BCUT2D eigenvalue weighted by Gasteiger charge is -2.58. The van der Waals surface area contributed by atoms with Gasteiger partial charge in [0.15, 0.2) is 0 Å². The number of esters is 1. The second-order valence-electron chi connectivity index (χ2n) is 13.4. The highest BCUT2D eigenvalue weighted by atomic mass is 16.5. The molecule has 0 amide bonds. The molecule has 33 heavy (non-hydrogen) atoms. The van der Waals surface area contributed by atoms with Crippen molar-refractivity contribution in [3.05, 3.63) is 11.6 Å². The number of fused-ring (bicyclic) bond motifs is 5. The Hall–Kier alpha value is -0.790. The fourth-order valence-electron chi connectivity index (χ4n) is 9.63. The van der Waals surface area contributed by atoms with Gasteiger partial charge >= 0.3 is 5.97 Å². The van der Waals surface area contributed by atoms with Crippen molar-refractivity contribution in [1.82, 2.24) is 0 Å². The van der Waals surface area contributed by atoms with Gasteiger partial charge in [0.05, 0.1) is 0 Å². The van der Waals surface area contributed by atoms with Crippen LogP contribution in [0.25, 0.3) is 0 Å². The number of allylic oxidation sites excluding steroid dienone is 1. The van der Waals surface area contributed by atoms with Gasteiger partial charge in [0.25, 0.3) is 0 Å². The van der Waals surface area contributed by atoms with E-state index in [2.05, 4.69) is 47.6 Å². The molecule has 0 bridgehead atoms. The molecule has 4 rings (SSSR count). The summed E-state index contributed by atoms with van der Waals surface area (Å²) in [6.07, 6.45) is 17.2. The van der Waals surface area contributed by atoms with Gasteiger partial charge in [0.2, 0.25) is 0 Å². The third-order valence-electron chi connectivity index (χ3n) is 11.6. The number of hydrogen-bond donors (Lipinski definition) is 0. The second-order valence-corrected chi connectivity index (χ2v) is 13.4. The Bertz CT molecular complexity index is 737. The van der Waals surface area contributed by atoms with E-state index in [1.165, 1.54) is 57.8 Å². The zero-order valence-electron chi connectivity index (χ0n) is 22.8. The van der Waals surface area contributed by atoms with Crippen molar-refractivity contribution in [3.63, 3.8) is 0 Å². The van der Waals surface area contributed by atoms with E-state index in [0.717, 1.165) is 54.3 Å². The lowest BCUT2D eigenvalue weighted by atomic mass is 9.47. The fraction of sp³-hybridized carbons (Fsp3) is 0.903. The lowest BCUT2D eigenvalue weighted by molar-refractivity contribution is -0.148. The molecule has 188 valence electrons. The number of ether oxygens (including phenoxy) is 1. The molecule has 4 aliphatic carbocycles. The Labute approximate surface area is 204 Å². The van der Waals surface area contributed by atoms with Gasteiger partial charge < -0.3 is 4.74 Å². The zero-order chi connectivity index (χ0) is 24.0. The number of carbonyl (C=O) groups is 1. The lowest BCUT2D eigenvalue weighted by Crippen LogP contribution is -2.51. The summed E-state index contributed by atoms with van der Waals surface area (Å²) in [6, 6.07) is 0. The Morgan fingerprint density at radius 1 is 1.06 bits per heavy atom. The average molecular weight is 457 g/mol. The molecule has 4 aliphatic rings. The van der Waals surface area contributed by atoms with E-state index in [0.29, 0.717) is 10.8 Å². The second kappa shape index (κ2) is 9.69. The molecule has 2 nitrogen and oxygen atoms in total. The summed E-state index contributed by atoms with van der Waals surface area (Å²) in [5.41, 5.74) is 2.51. The fourth-order valence-corrected chi connectivity index (χ4v) is 9.63. The van der Waals surface area contributed by atoms with Crippen LogP contribution in [0.5, 0.6) is 0 Å². The van der Waals surface area contributed by atoms with Gasteiger partial charge in [-0.25, -0.2) is 0 Å². The molecular weight excluding hydrogens is 404 g/mol. The Morgan fingerprint density at radius 2 is 1.82 bits per heavy atom. The topological polar surface area (TPSA) is 26.3 Å². The molecule has 0 aromatic rings. The SMILES string of the molecule is CC[C@@H](CC[C@@H](C)[C@H]1CC[C@H]2[C@@H]3CC=C4C[C@@H](OC(C)=O)CC[C@]4(C)[C@H]3CC[C@]12C)C(C)C. The first-order chi connectivity index (χ1) is 15.6. The van der Waals surface area contributed by atoms with Crippen molar-refractivity contribution in [1.29, 1.82) is 0 Å². The minimum Gasteiger partial charge on any atom is -0.462 e. The number of carbonyl (C=O) groups excluding carboxylic acids is 1. The molecule has 9 atom stereocenters. The van der Waals surface area contributed by atoms with Crippen molar-refractivity contribution in [2.45, 2.75) is 125 Å². The molecule has 0 radical (unpaired) electrons. The standard InChI is InChI=1S/C31H52O2/c1-8-23(20(2)3)10-9-21(4)27-13-14-28-26-12-11-24-19-25(33-22(5)32)15-17-30(24,6)29(26)16-18-31(27,28)7/h11,20-21,23,25-29H,8-10,12-19H2,1-7H3/t21-,23+,25+,26+,27-,28+,29+,30+,31-/m1/s1. The number of hydrogen-bond acceptors (Lipinski definition) is 2. The molecule has 0 saturated heterocycles. The molecular formula is C31H52O2. The van der Waals surface area contributed by atoms with Crippen molar-refractivity contribution in [2.24, 2.45) is 52.3 Å². The zero-order valence-corrected chi connectivity index (χ0v) is 22.8. The first kappa shape index (κ1) is 25.3. The first-order valence-corrected chi connectivity index (χ1v) is 14.5. The highest BCUT2D eigenvalue weighted by Gasteiger charge is 2.59. The van der Waals surface area contributed by atoms with E-state index < -0.39 is 0 Å². The molecule has 0 N–H and O–H groups in total. The Kier molecular flexibility index (Phi) is 7.43. The molecule has 0 heterocycles. The van der Waals surface area contributed by atoms with Crippen LogP contribution in [0.1, 0.15) is 119 Å². The predicted octanol–water partition coefficient (Wildman–Crippen LogP) is 8.60. The molecule has 2 heteroatoms. The van der Waals surface area contributed by atoms with Gasteiger partial charge in [-0.15, -0.1) is 0 Å². The van der Waals surface area contributed by atoms with Crippen molar-refractivity contribution in [2.75, 3.05) is 0 Å². The molecule has 0 aliphatic heterocycles. The number of rotatable bonds is 7. The van der Waals surface area contributed by atoms with Crippen LogP contribution in [-0.2, 0) is 9.53 Å².